The predicted molar refractivity (Wildman–Crippen MR) is 76.5 cm³/mol. The summed E-state index contributed by atoms with van der Waals surface area (Å²) in [6, 6.07) is 6.02. The van der Waals surface area contributed by atoms with Crippen molar-refractivity contribution in [2.45, 2.75) is 17.2 Å². The van der Waals surface area contributed by atoms with Crippen LogP contribution in [0.1, 0.15) is 11.5 Å². The SMILES string of the molecule is Cc1occc1-c1nnc(Sc2ccc([N+](=O)[O-])c(C#N)n2)o1. The second kappa shape index (κ2) is 5.90. The molecule has 3 rings (SSSR count). The second-order valence-electron chi connectivity index (χ2n) is 4.25. The molecular weight excluding hydrogens is 322 g/mol. The maximum atomic E-state index is 10.8. The van der Waals surface area contributed by atoms with E-state index in [2.05, 4.69) is 15.2 Å². The van der Waals surface area contributed by atoms with Crippen LogP contribution in [0.2, 0.25) is 0 Å². The van der Waals surface area contributed by atoms with Crippen molar-refractivity contribution in [3.8, 4) is 17.5 Å². The van der Waals surface area contributed by atoms with E-state index in [1.54, 1.807) is 19.1 Å². The summed E-state index contributed by atoms with van der Waals surface area (Å²) in [6.07, 6.45) is 1.51. The number of nitro groups is 1. The Labute approximate surface area is 133 Å². The van der Waals surface area contributed by atoms with Gasteiger partial charge in [0.05, 0.1) is 16.7 Å². The largest absolute Gasteiger partial charge is 0.469 e. The molecule has 0 unspecified atom stereocenters. The molecule has 23 heavy (non-hydrogen) atoms. The smallest absolute Gasteiger partial charge is 0.305 e. The van der Waals surface area contributed by atoms with Gasteiger partial charge in [0.2, 0.25) is 5.69 Å². The van der Waals surface area contributed by atoms with Crippen LogP contribution in [0, 0.1) is 28.4 Å². The van der Waals surface area contributed by atoms with E-state index in [1.165, 1.54) is 18.4 Å². The molecule has 0 aliphatic heterocycles. The third-order valence-corrected chi connectivity index (χ3v) is 3.61. The van der Waals surface area contributed by atoms with Gasteiger partial charge in [-0.15, -0.1) is 10.2 Å². The zero-order chi connectivity index (χ0) is 16.4. The number of furan rings is 1. The van der Waals surface area contributed by atoms with Crippen molar-refractivity contribution in [3.05, 3.63) is 46.0 Å². The van der Waals surface area contributed by atoms with E-state index in [-0.39, 0.29) is 16.6 Å². The van der Waals surface area contributed by atoms with E-state index in [4.69, 9.17) is 14.1 Å². The Morgan fingerprint density at radius 2 is 2.17 bits per heavy atom. The summed E-state index contributed by atoms with van der Waals surface area (Å²) in [5.74, 6) is 0.937. The maximum Gasteiger partial charge on any atom is 0.305 e. The Kier molecular flexibility index (Phi) is 3.78. The molecule has 10 heteroatoms. The van der Waals surface area contributed by atoms with E-state index in [9.17, 15) is 10.1 Å². The van der Waals surface area contributed by atoms with Crippen LogP contribution in [0.25, 0.3) is 11.5 Å². The van der Waals surface area contributed by atoms with E-state index < -0.39 is 4.92 Å². The molecule has 0 aliphatic carbocycles. The summed E-state index contributed by atoms with van der Waals surface area (Å²) in [4.78, 5) is 14.0. The molecule has 0 saturated heterocycles. The van der Waals surface area contributed by atoms with Crippen molar-refractivity contribution in [1.29, 1.82) is 5.26 Å². The van der Waals surface area contributed by atoms with Crippen LogP contribution in [0.4, 0.5) is 5.69 Å². The monoisotopic (exact) mass is 329 g/mol. The van der Waals surface area contributed by atoms with Crippen molar-refractivity contribution >= 4 is 17.4 Å². The summed E-state index contributed by atoms with van der Waals surface area (Å²) in [6.45, 7) is 1.77. The van der Waals surface area contributed by atoms with Crippen molar-refractivity contribution < 1.29 is 13.8 Å². The molecule has 0 N–H and O–H groups in total. The van der Waals surface area contributed by atoms with Crippen LogP contribution in [-0.2, 0) is 0 Å². The van der Waals surface area contributed by atoms with E-state index in [0.717, 1.165) is 11.8 Å². The molecule has 0 saturated carbocycles. The Morgan fingerprint density at radius 1 is 1.35 bits per heavy atom. The summed E-state index contributed by atoms with van der Waals surface area (Å²) in [5, 5.41) is 28.0. The second-order valence-corrected chi connectivity index (χ2v) is 5.22. The maximum absolute atomic E-state index is 10.8. The molecule has 0 amide bonds. The molecule has 0 bridgehead atoms. The molecular formula is C13H7N5O4S. The molecule has 3 aromatic rings. The van der Waals surface area contributed by atoms with Gasteiger partial charge in [0.25, 0.3) is 11.1 Å². The first-order valence-electron chi connectivity index (χ1n) is 6.20. The van der Waals surface area contributed by atoms with Gasteiger partial charge in [0.15, 0.2) is 0 Å². The zero-order valence-corrected chi connectivity index (χ0v) is 12.4. The van der Waals surface area contributed by atoms with Crippen LogP contribution in [0.5, 0.6) is 0 Å². The minimum atomic E-state index is -0.660. The zero-order valence-electron chi connectivity index (χ0n) is 11.6. The Bertz CT molecular complexity index is 927. The van der Waals surface area contributed by atoms with E-state index in [1.807, 2.05) is 0 Å². The molecule has 0 aliphatic rings. The highest BCUT2D eigenvalue weighted by Gasteiger charge is 2.18. The third-order valence-electron chi connectivity index (χ3n) is 2.84. The highest BCUT2D eigenvalue weighted by Crippen LogP contribution is 2.30. The number of nitriles is 1. The van der Waals surface area contributed by atoms with Crippen molar-refractivity contribution in [3.63, 3.8) is 0 Å². The summed E-state index contributed by atoms with van der Waals surface area (Å²) in [7, 11) is 0. The van der Waals surface area contributed by atoms with Crippen LogP contribution in [-0.4, -0.2) is 20.1 Å². The number of hydrogen-bond donors (Lipinski definition) is 0. The van der Waals surface area contributed by atoms with Gasteiger partial charge in [-0.25, -0.2) is 4.98 Å². The summed E-state index contributed by atoms with van der Waals surface area (Å²) >= 11 is 1.01. The average molecular weight is 329 g/mol. The minimum absolute atomic E-state index is 0.200. The van der Waals surface area contributed by atoms with Gasteiger partial charge in [-0.3, -0.25) is 10.1 Å². The minimum Gasteiger partial charge on any atom is -0.469 e. The van der Waals surface area contributed by atoms with E-state index >= 15 is 0 Å². The van der Waals surface area contributed by atoms with Gasteiger partial charge in [-0.2, -0.15) is 5.26 Å². The number of pyridine rings is 1. The lowest BCUT2D eigenvalue weighted by Gasteiger charge is -1.97. The highest BCUT2D eigenvalue weighted by atomic mass is 32.2. The first-order valence-corrected chi connectivity index (χ1v) is 7.01. The fourth-order valence-corrected chi connectivity index (χ4v) is 2.43. The third kappa shape index (κ3) is 2.90. The van der Waals surface area contributed by atoms with Crippen LogP contribution < -0.4 is 0 Å². The molecule has 114 valence electrons. The van der Waals surface area contributed by atoms with E-state index in [0.29, 0.717) is 22.2 Å². The molecule has 0 fully saturated rings. The molecule has 0 aromatic carbocycles. The Morgan fingerprint density at radius 3 is 2.83 bits per heavy atom. The fraction of sp³-hybridized carbons (Fsp3) is 0.0769. The fourth-order valence-electron chi connectivity index (χ4n) is 1.78. The predicted octanol–water partition coefficient (Wildman–Crippen LogP) is 2.96. The Balaban J connectivity index is 1.86. The first-order chi connectivity index (χ1) is 11.1. The van der Waals surface area contributed by atoms with Gasteiger partial charge in [0.1, 0.15) is 16.9 Å². The number of rotatable bonds is 4. The van der Waals surface area contributed by atoms with Crippen molar-refractivity contribution in [2.75, 3.05) is 0 Å². The van der Waals surface area contributed by atoms with Gasteiger partial charge >= 0.3 is 5.69 Å². The number of nitrogens with zero attached hydrogens (tertiary/aromatic N) is 5. The lowest BCUT2D eigenvalue weighted by atomic mass is 10.3. The molecule has 0 spiro atoms. The van der Waals surface area contributed by atoms with Gasteiger partial charge in [0, 0.05) is 6.07 Å². The number of aromatic nitrogens is 3. The number of aryl methyl sites for hydroxylation is 1. The quantitative estimate of drug-likeness (QED) is 0.523. The molecule has 9 nitrogen and oxygen atoms in total. The van der Waals surface area contributed by atoms with Gasteiger partial charge in [-0.05, 0) is 30.8 Å². The molecule has 0 atom stereocenters. The van der Waals surface area contributed by atoms with Crippen molar-refractivity contribution in [2.24, 2.45) is 0 Å². The van der Waals surface area contributed by atoms with Gasteiger partial charge in [-0.1, -0.05) is 0 Å². The first kappa shape index (κ1) is 14.7. The highest BCUT2D eigenvalue weighted by molar-refractivity contribution is 7.99. The van der Waals surface area contributed by atoms with Gasteiger partial charge < -0.3 is 8.83 Å². The Hall–Kier alpha value is -3.19. The normalized spacial score (nSPS) is 10.4. The standard InChI is InChI=1S/C13H7N5O4S/c1-7-8(4-5-21-7)12-16-17-13(22-12)23-11-3-2-10(18(19)20)9(6-14)15-11/h2-5H,1H3. The molecule has 3 heterocycles. The molecule has 3 aromatic heterocycles. The molecule has 0 radical (unpaired) electrons. The number of hydrogen-bond acceptors (Lipinski definition) is 9. The van der Waals surface area contributed by atoms with Crippen molar-refractivity contribution in [1.82, 2.24) is 15.2 Å². The average Bonchev–Trinajstić information content (AvgIpc) is 3.15. The van der Waals surface area contributed by atoms with Crippen LogP contribution in [0.15, 0.2) is 43.5 Å². The lowest BCUT2D eigenvalue weighted by molar-refractivity contribution is -0.385. The van der Waals surface area contributed by atoms with Crippen LogP contribution in [0.3, 0.4) is 0 Å². The summed E-state index contributed by atoms with van der Waals surface area (Å²) in [5.41, 5.74) is 0.0567. The van der Waals surface area contributed by atoms with Crippen LogP contribution >= 0.6 is 11.8 Å². The summed E-state index contributed by atoms with van der Waals surface area (Å²) < 4.78 is 10.7. The topological polar surface area (TPSA) is 132 Å². The lowest BCUT2D eigenvalue weighted by Crippen LogP contribution is -1.95.